The van der Waals surface area contributed by atoms with Gasteiger partial charge in [-0.25, -0.2) is 0 Å². The fraction of sp³-hybridized carbons (Fsp3) is 0.222. The molecule has 0 amide bonds. The Labute approximate surface area is 236 Å². The van der Waals surface area contributed by atoms with Gasteiger partial charge < -0.3 is 10.2 Å². The van der Waals surface area contributed by atoms with Gasteiger partial charge in [-0.15, -0.1) is 11.8 Å². The van der Waals surface area contributed by atoms with Crippen molar-refractivity contribution in [2.24, 2.45) is 5.92 Å². The monoisotopic (exact) mass is 526 g/mol. The van der Waals surface area contributed by atoms with Crippen LogP contribution in [0, 0.1) is 5.92 Å². The number of nitrogens with zero attached hydrogens (tertiary/aromatic N) is 1. The first kappa shape index (κ1) is 24.4. The summed E-state index contributed by atoms with van der Waals surface area (Å²) >= 11 is 2.16. The molecule has 2 nitrogen and oxygen atoms in total. The van der Waals surface area contributed by atoms with Gasteiger partial charge in [-0.2, -0.15) is 0 Å². The van der Waals surface area contributed by atoms with Gasteiger partial charge in [0.2, 0.25) is 0 Å². The molecule has 1 fully saturated rings. The maximum absolute atomic E-state index is 3.50. The summed E-state index contributed by atoms with van der Waals surface area (Å²) in [5, 5.41) is 4.23. The number of hydrogen-bond acceptors (Lipinski definition) is 3. The molecule has 0 saturated heterocycles. The zero-order chi connectivity index (χ0) is 26.0. The Morgan fingerprint density at radius 2 is 1.26 bits per heavy atom. The lowest BCUT2D eigenvalue weighted by Crippen LogP contribution is -2.39. The second-order valence-corrected chi connectivity index (χ2v) is 12.2. The zero-order valence-electron chi connectivity index (χ0n) is 22.2. The molecule has 1 heterocycles. The summed E-state index contributed by atoms with van der Waals surface area (Å²) in [5.74, 6) is 0.689. The van der Waals surface area contributed by atoms with E-state index in [1.165, 1.54) is 48.2 Å². The van der Waals surface area contributed by atoms with Crippen molar-refractivity contribution < 1.29 is 0 Å². The van der Waals surface area contributed by atoms with Crippen LogP contribution in [0.2, 0.25) is 0 Å². The Balaban J connectivity index is 1.11. The zero-order valence-corrected chi connectivity index (χ0v) is 23.0. The standard InChI is InChI=1S/C36H34N2S/c1-4-10-28(11-5-1)37-29-19-16-26(17-20-29)27-18-22-33-34-25-32(21-23-35(34)39-36(33)24-27)38(30-12-6-2-7-13-30)31-14-8-3-9-15-31/h1-17,19-20,24,32,34-35,37H,18,21-23,25H2. The van der Waals surface area contributed by atoms with Crippen molar-refractivity contribution in [1.82, 2.24) is 0 Å². The minimum atomic E-state index is 0.526. The normalized spacial score (nSPS) is 22.1. The molecule has 1 aliphatic heterocycles. The predicted molar refractivity (Wildman–Crippen MR) is 168 cm³/mol. The van der Waals surface area contributed by atoms with Crippen molar-refractivity contribution in [3.63, 3.8) is 0 Å². The van der Waals surface area contributed by atoms with Crippen LogP contribution in [0.1, 0.15) is 37.7 Å². The number of thioether (sulfide) groups is 1. The number of benzene rings is 4. The Bertz CT molecular complexity index is 1440. The Hall–Kier alpha value is -3.69. The summed E-state index contributed by atoms with van der Waals surface area (Å²) in [7, 11) is 0. The van der Waals surface area contributed by atoms with E-state index in [0.29, 0.717) is 12.0 Å². The van der Waals surface area contributed by atoms with E-state index >= 15 is 0 Å². The number of para-hydroxylation sites is 3. The molecule has 3 heteroatoms. The van der Waals surface area contributed by atoms with Gasteiger partial charge in [0.25, 0.3) is 0 Å². The van der Waals surface area contributed by atoms with E-state index in [1.54, 1.807) is 10.5 Å². The number of hydrogen-bond donors (Lipinski definition) is 1. The number of anilines is 4. The molecular weight excluding hydrogens is 492 g/mol. The summed E-state index contributed by atoms with van der Waals surface area (Å²) in [5.41, 5.74) is 9.44. The first-order valence-corrected chi connectivity index (χ1v) is 15.1. The van der Waals surface area contributed by atoms with E-state index in [1.807, 2.05) is 6.07 Å². The highest BCUT2D eigenvalue weighted by atomic mass is 32.2. The van der Waals surface area contributed by atoms with Crippen molar-refractivity contribution in [3.8, 4) is 0 Å². The molecule has 3 unspecified atom stereocenters. The molecule has 3 atom stereocenters. The van der Waals surface area contributed by atoms with Gasteiger partial charge in [0.05, 0.1) is 0 Å². The summed E-state index contributed by atoms with van der Waals surface area (Å²) in [6, 6.07) is 41.9. The molecule has 1 N–H and O–H groups in total. The number of allylic oxidation sites excluding steroid dienone is 3. The lowest BCUT2D eigenvalue weighted by molar-refractivity contribution is 0.365. The fourth-order valence-corrected chi connectivity index (χ4v) is 8.29. The third-order valence-corrected chi connectivity index (χ3v) is 10.0. The quantitative estimate of drug-likeness (QED) is 0.269. The second kappa shape index (κ2) is 10.8. The van der Waals surface area contributed by atoms with E-state index in [9.17, 15) is 0 Å². The number of fused-ring (bicyclic) bond motifs is 2. The molecule has 4 aromatic carbocycles. The Morgan fingerprint density at radius 1 is 0.641 bits per heavy atom. The molecule has 2 aliphatic carbocycles. The second-order valence-electron chi connectivity index (χ2n) is 10.9. The molecule has 194 valence electrons. The molecule has 4 aromatic rings. The lowest BCUT2D eigenvalue weighted by atomic mass is 9.76. The van der Waals surface area contributed by atoms with E-state index in [0.717, 1.165) is 23.0 Å². The SMILES string of the molecule is C1=C(c2ccc(Nc3ccccc3)cc2)CCC2=C1SC1CCC(N(c3ccccc3)c3ccccc3)CC21. The molecule has 0 spiro atoms. The van der Waals surface area contributed by atoms with Crippen molar-refractivity contribution in [2.75, 3.05) is 10.2 Å². The third-order valence-electron chi connectivity index (χ3n) is 8.52. The van der Waals surface area contributed by atoms with Crippen LogP contribution in [0.15, 0.2) is 132 Å². The molecule has 0 bridgehead atoms. The van der Waals surface area contributed by atoms with Crippen molar-refractivity contribution in [3.05, 3.63) is 137 Å². The van der Waals surface area contributed by atoms with Crippen LogP contribution in [0.25, 0.3) is 5.57 Å². The number of rotatable bonds is 6. The van der Waals surface area contributed by atoms with Gasteiger partial charge >= 0.3 is 0 Å². The van der Waals surface area contributed by atoms with E-state index in [-0.39, 0.29) is 0 Å². The van der Waals surface area contributed by atoms with Gasteiger partial charge in [-0.1, -0.05) is 72.3 Å². The highest BCUT2D eigenvalue weighted by Gasteiger charge is 2.42. The summed E-state index contributed by atoms with van der Waals surface area (Å²) in [4.78, 5) is 4.17. The summed E-state index contributed by atoms with van der Waals surface area (Å²) in [6.07, 6.45) is 8.62. The largest absolute Gasteiger partial charge is 0.356 e. The molecule has 39 heavy (non-hydrogen) atoms. The minimum absolute atomic E-state index is 0.526. The molecule has 3 aliphatic rings. The molecule has 1 saturated carbocycles. The highest BCUT2D eigenvalue weighted by Crippen LogP contribution is 2.55. The van der Waals surface area contributed by atoms with Crippen molar-refractivity contribution >= 4 is 40.1 Å². The van der Waals surface area contributed by atoms with Crippen LogP contribution in [0.3, 0.4) is 0 Å². The van der Waals surface area contributed by atoms with Crippen LogP contribution in [-0.4, -0.2) is 11.3 Å². The molecule has 0 radical (unpaired) electrons. The van der Waals surface area contributed by atoms with Crippen LogP contribution in [-0.2, 0) is 0 Å². The first-order chi connectivity index (χ1) is 19.3. The van der Waals surface area contributed by atoms with Gasteiger partial charge in [0, 0.05) is 38.9 Å². The van der Waals surface area contributed by atoms with Crippen LogP contribution in [0.5, 0.6) is 0 Å². The minimum Gasteiger partial charge on any atom is -0.356 e. The summed E-state index contributed by atoms with van der Waals surface area (Å²) in [6.45, 7) is 0. The van der Waals surface area contributed by atoms with E-state index < -0.39 is 0 Å². The van der Waals surface area contributed by atoms with Gasteiger partial charge in [-0.3, -0.25) is 0 Å². The van der Waals surface area contributed by atoms with Gasteiger partial charge in [-0.05, 0) is 104 Å². The maximum atomic E-state index is 3.50. The molecule has 0 aromatic heterocycles. The van der Waals surface area contributed by atoms with Crippen LogP contribution in [0.4, 0.5) is 22.7 Å². The van der Waals surface area contributed by atoms with E-state index in [2.05, 4.69) is 137 Å². The highest BCUT2D eigenvalue weighted by molar-refractivity contribution is 8.04. The number of nitrogens with one attached hydrogen (secondary N) is 1. The predicted octanol–water partition coefficient (Wildman–Crippen LogP) is 9.98. The van der Waals surface area contributed by atoms with Crippen LogP contribution >= 0.6 is 11.8 Å². The Kier molecular flexibility index (Phi) is 6.76. The van der Waals surface area contributed by atoms with Gasteiger partial charge in [0.1, 0.15) is 0 Å². The van der Waals surface area contributed by atoms with E-state index in [4.69, 9.17) is 0 Å². The smallest absolute Gasteiger partial charge is 0.0413 e. The topological polar surface area (TPSA) is 15.3 Å². The molecular formula is C36H34N2S. The fourth-order valence-electron chi connectivity index (χ4n) is 6.65. The van der Waals surface area contributed by atoms with Crippen molar-refractivity contribution in [1.29, 1.82) is 0 Å². The lowest BCUT2D eigenvalue weighted by Gasteiger charge is -2.41. The van der Waals surface area contributed by atoms with Crippen molar-refractivity contribution in [2.45, 2.75) is 43.4 Å². The maximum Gasteiger partial charge on any atom is 0.0413 e. The van der Waals surface area contributed by atoms with Gasteiger partial charge in [0.15, 0.2) is 0 Å². The average molecular weight is 527 g/mol. The first-order valence-electron chi connectivity index (χ1n) is 14.2. The average Bonchev–Trinajstić information content (AvgIpc) is 3.37. The summed E-state index contributed by atoms with van der Waals surface area (Å²) < 4.78 is 0. The Morgan fingerprint density at radius 3 is 1.92 bits per heavy atom. The van der Waals surface area contributed by atoms with Crippen LogP contribution < -0.4 is 10.2 Å². The third kappa shape index (κ3) is 5.04. The molecule has 7 rings (SSSR count).